The molecule has 1 aliphatic heterocycles. The number of urea groups is 1. The molecule has 1 aromatic carbocycles. The lowest BCUT2D eigenvalue weighted by atomic mass is 9.87. The fourth-order valence-corrected chi connectivity index (χ4v) is 2.86. The fraction of sp³-hybridized carbons (Fsp3) is 0.438. The van der Waals surface area contributed by atoms with E-state index in [1.165, 1.54) is 5.56 Å². The Morgan fingerprint density at radius 3 is 2.39 bits per heavy atom. The zero-order chi connectivity index (χ0) is 17.0. The second-order valence-corrected chi connectivity index (χ2v) is 7.23. The first-order valence-electron chi connectivity index (χ1n) is 7.40. The smallest absolute Gasteiger partial charge is 0.319 e. The SMILES string of the molecule is CC(C)(C)c1ccc(NC(=O)NCCN2C(=O)CSC2=O)cc1. The van der Waals surface area contributed by atoms with Crippen LogP contribution in [0.4, 0.5) is 15.3 Å². The number of anilines is 1. The molecule has 6 nitrogen and oxygen atoms in total. The molecule has 1 aliphatic rings. The van der Waals surface area contributed by atoms with Crippen LogP contribution < -0.4 is 10.6 Å². The van der Waals surface area contributed by atoms with E-state index in [4.69, 9.17) is 0 Å². The highest BCUT2D eigenvalue weighted by Crippen LogP contribution is 2.23. The Balaban J connectivity index is 1.79. The lowest BCUT2D eigenvalue weighted by Crippen LogP contribution is -2.39. The highest BCUT2D eigenvalue weighted by molar-refractivity contribution is 8.14. The number of amides is 4. The predicted molar refractivity (Wildman–Crippen MR) is 91.7 cm³/mol. The third-order valence-electron chi connectivity index (χ3n) is 3.47. The Labute approximate surface area is 140 Å². The quantitative estimate of drug-likeness (QED) is 0.887. The van der Waals surface area contributed by atoms with Crippen molar-refractivity contribution in [3.05, 3.63) is 29.8 Å². The standard InChI is InChI=1S/C16H21N3O3S/c1-16(2,3)11-4-6-12(7-5-11)18-14(21)17-8-9-19-13(20)10-23-15(19)22/h4-7H,8-10H2,1-3H3,(H2,17,18,21). The first-order valence-corrected chi connectivity index (χ1v) is 8.38. The second-order valence-electron chi connectivity index (χ2n) is 6.31. The lowest BCUT2D eigenvalue weighted by Gasteiger charge is -2.19. The summed E-state index contributed by atoms with van der Waals surface area (Å²) in [5.41, 5.74) is 1.94. The van der Waals surface area contributed by atoms with E-state index in [1.807, 2.05) is 24.3 Å². The van der Waals surface area contributed by atoms with Crippen molar-refractivity contribution in [3.8, 4) is 0 Å². The topological polar surface area (TPSA) is 78.5 Å². The van der Waals surface area contributed by atoms with Gasteiger partial charge in [0.05, 0.1) is 5.75 Å². The van der Waals surface area contributed by atoms with Gasteiger partial charge in [0.25, 0.3) is 5.24 Å². The molecule has 1 saturated heterocycles. The maximum atomic E-state index is 11.8. The summed E-state index contributed by atoms with van der Waals surface area (Å²) in [6, 6.07) is 7.30. The van der Waals surface area contributed by atoms with Gasteiger partial charge in [0, 0.05) is 18.8 Å². The highest BCUT2D eigenvalue weighted by atomic mass is 32.2. The minimum atomic E-state index is -0.361. The summed E-state index contributed by atoms with van der Waals surface area (Å²) in [5, 5.41) is 5.11. The van der Waals surface area contributed by atoms with Crippen LogP contribution in [0.5, 0.6) is 0 Å². The first-order chi connectivity index (χ1) is 10.8. The Kier molecular flexibility index (Phi) is 5.30. The molecule has 0 aliphatic carbocycles. The van der Waals surface area contributed by atoms with Crippen molar-refractivity contribution in [3.63, 3.8) is 0 Å². The van der Waals surface area contributed by atoms with Crippen LogP contribution in [0.15, 0.2) is 24.3 Å². The van der Waals surface area contributed by atoms with Crippen LogP contribution >= 0.6 is 11.8 Å². The molecule has 0 atom stereocenters. The molecule has 7 heteroatoms. The van der Waals surface area contributed by atoms with Crippen LogP contribution in [0.1, 0.15) is 26.3 Å². The van der Waals surface area contributed by atoms with Crippen molar-refractivity contribution >= 4 is 34.6 Å². The van der Waals surface area contributed by atoms with Gasteiger partial charge in [-0.05, 0) is 23.1 Å². The summed E-state index contributed by atoms with van der Waals surface area (Å²) < 4.78 is 0. The van der Waals surface area contributed by atoms with Crippen molar-refractivity contribution in [2.24, 2.45) is 0 Å². The van der Waals surface area contributed by atoms with Crippen LogP contribution in [0.2, 0.25) is 0 Å². The number of carbonyl (C=O) groups excluding carboxylic acids is 3. The molecule has 2 N–H and O–H groups in total. The lowest BCUT2D eigenvalue weighted by molar-refractivity contribution is -0.124. The fourth-order valence-electron chi connectivity index (χ4n) is 2.11. The number of hydrogen-bond acceptors (Lipinski definition) is 4. The number of imide groups is 1. The molecular formula is C16H21N3O3S. The minimum Gasteiger partial charge on any atom is -0.336 e. The van der Waals surface area contributed by atoms with E-state index in [1.54, 1.807) is 0 Å². The molecule has 0 unspecified atom stereocenters. The van der Waals surface area contributed by atoms with E-state index in [-0.39, 0.29) is 41.4 Å². The molecule has 0 aromatic heterocycles. The highest BCUT2D eigenvalue weighted by Gasteiger charge is 2.29. The van der Waals surface area contributed by atoms with Crippen LogP contribution in [-0.2, 0) is 10.2 Å². The van der Waals surface area contributed by atoms with Gasteiger partial charge >= 0.3 is 6.03 Å². The van der Waals surface area contributed by atoms with Crippen LogP contribution in [0.3, 0.4) is 0 Å². The Morgan fingerprint density at radius 1 is 1.22 bits per heavy atom. The number of nitrogens with zero attached hydrogens (tertiary/aromatic N) is 1. The van der Waals surface area contributed by atoms with Gasteiger partial charge in [-0.2, -0.15) is 0 Å². The molecule has 0 bridgehead atoms. The maximum Gasteiger partial charge on any atom is 0.319 e. The zero-order valence-corrected chi connectivity index (χ0v) is 14.3. The van der Waals surface area contributed by atoms with Crippen molar-refractivity contribution < 1.29 is 14.4 Å². The number of nitrogens with one attached hydrogen (secondary N) is 2. The van der Waals surface area contributed by atoms with Gasteiger partial charge in [0.1, 0.15) is 0 Å². The third kappa shape index (κ3) is 4.72. The normalized spacial score (nSPS) is 15.0. The molecule has 1 heterocycles. The minimum absolute atomic E-state index is 0.0631. The first kappa shape index (κ1) is 17.3. The number of benzene rings is 1. The Morgan fingerprint density at radius 2 is 1.87 bits per heavy atom. The van der Waals surface area contributed by atoms with Crippen molar-refractivity contribution in [2.45, 2.75) is 26.2 Å². The Bertz CT molecular complexity index is 592. The number of rotatable bonds is 4. The monoisotopic (exact) mass is 335 g/mol. The Hall–Kier alpha value is -2.02. The van der Waals surface area contributed by atoms with Gasteiger partial charge in [-0.3, -0.25) is 14.5 Å². The summed E-state index contributed by atoms with van der Waals surface area (Å²) >= 11 is 0.987. The van der Waals surface area contributed by atoms with Gasteiger partial charge in [0.15, 0.2) is 0 Å². The van der Waals surface area contributed by atoms with E-state index in [9.17, 15) is 14.4 Å². The van der Waals surface area contributed by atoms with Crippen LogP contribution in [0.25, 0.3) is 0 Å². The summed E-state index contributed by atoms with van der Waals surface area (Å²) in [4.78, 5) is 35.8. The van der Waals surface area contributed by atoms with E-state index in [0.29, 0.717) is 5.69 Å². The molecule has 1 fully saturated rings. The molecule has 23 heavy (non-hydrogen) atoms. The average Bonchev–Trinajstić information content (AvgIpc) is 2.78. The van der Waals surface area contributed by atoms with Gasteiger partial charge in [-0.25, -0.2) is 4.79 Å². The average molecular weight is 335 g/mol. The van der Waals surface area contributed by atoms with Gasteiger partial charge < -0.3 is 10.6 Å². The van der Waals surface area contributed by atoms with Crippen molar-refractivity contribution in [2.75, 3.05) is 24.2 Å². The van der Waals surface area contributed by atoms with E-state index in [2.05, 4.69) is 31.4 Å². The summed E-state index contributed by atoms with van der Waals surface area (Å²) in [7, 11) is 0. The maximum absolute atomic E-state index is 11.8. The van der Waals surface area contributed by atoms with Crippen molar-refractivity contribution in [1.29, 1.82) is 0 Å². The molecule has 2 rings (SSSR count). The molecule has 1 aromatic rings. The summed E-state index contributed by atoms with van der Waals surface area (Å²) in [6.45, 7) is 6.80. The van der Waals surface area contributed by atoms with E-state index < -0.39 is 0 Å². The van der Waals surface area contributed by atoms with Gasteiger partial charge in [-0.1, -0.05) is 44.7 Å². The van der Waals surface area contributed by atoms with Gasteiger partial charge in [0.2, 0.25) is 5.91 Å². The molecule has 0 saturated carbocycles. The van der Waals surface area contributed by atoms with Crippen LogP contribution in [-0.4, -0.2) is 40.9 Å². The van der Waals surface area contributed by atoms with Crippen molar-refractivity contribution in [1.82, 2.24) is 10.2 Å². The number of thioether (sulfide) groups is 1. The van der Waals surface area contributed by atoms with Crippen LogP contribution in [0, 0.1) is 0 Å². The van der Waals surface area contributed by atoms with E-state index >= 15 is 0 Å². The number of hydrogen-bond donors (Lipinski definition) is 2. The number of carbonyl (C=O) groups is 3. The molecule has 0 radical (unpaired) electrons. The largest absolute Gasteiger partial charge is 0.336 e. The van der Waals surface area contributed by atoms with E-state index in [0.717, 1.165) is 16.7 Å². The molecule has 124 valence electrons. The predicted octanol–water partition coefficient (Wildman–Crippen LogP) is 2.80. The van der Waals surface area contributed by atoms with Gasteiger partial charge in [-0.15, -0.1) is 0 Å². The second kappa shape index (κ2) is 7.04. The summed E-state index contributed by atoms with van der Waals surface area (Å²) in [6.07, 6.45) is 0. The summed E-state index contributed by atoms with van der Waals surface area (Å²) in [5.74, 6) is -0.0227. The molecular weight excluding hydrogens is 314 g/mol. The molecule has 4 amide bonds. The molecule has 0 spiro atoms. The zero-order valence-electron chi connectivity index (χ0n) is 13.5. The third-order valence-corrected chi connectivity index (χ3v) is 4.33.